The summed E-state index contributed by atoms with van der Waals surface area (Å²) in [5, 5.41) is 3.88. The van der Waals surface area contributed by atoms with E-state index >= 15 is 0 Å². The summed E-state index contributed by atoms with van der Waals surface area (Å²) in [5.41, 5.74) is 0.889. The molecule has 0 bridgehead atoms. The largest absolute Gasteiger partial charge is 0.490 e. The average molecular weight is 375 g/mol. The minimum absolute atomic E-state index is 0.465. The first-order valence-corrected chi connectivity index (χ1v) is 7.92. The minimum Gasteiger partial charge on any atom is -0.490 e. The lowest BCUT2D eigenvalue weighted by molar-refractivity contribution is 0.217. The predicted molar refractivity (Wildman–Crippen MR) is 89.6 cm³/mol. The molecule has 1 aromatic heterocycles. The molecule has 3 aromatic rings. The van der Waals surface area contributed by atoms with E-state index in [9.17, 15) is 0 Å². The Morgan fingerprint density at radius 1 is 1.00 bits per heavy atom. The molecule has 0 fully saturated rings. The molecule has 2 aromatic carbocycles. The van der Waals surface area contributed by atoms with Gasteiger partial charge in [-0.05, 0) is 42.5 Å². The van der Waals surface area contributed by atoms with E-state index in [2.05, 4.69) is 26.1 Å². The molecule has 6 heteroatoms. The molecule has 118 valence electrons. The van der Waals surface area contributed by atoms with Crippen LogP contribution < -0.4 is 9.47 Å². The van der Waals surface area contributed by atoms with Crippen LogP contribution in [0.15, 0.2) is 57.5 Å². The van der Waals surface area contributed by atoms with Crippen molar-refractivity contribution >= 4 is 15.9 Å². The number of hydrogen-bond acceptors (Lipinski definition) is 5. The summed E-state index contributed by atoms with van der Waals surface area (Å²) in [5.74, 6) is 2.70. The van der Waals surface area contributed by atoms with Gasteiger partial charge in [0.1, 0.15) is 24.7 Å². The van der Waals surface area contributed by atoms with Gasteiger partial charge in [-0.25, -0.2) is 0 Å². The zero-order valence-electron chi connectivity index (χ0n) is 12.5. The van der Waals surface area contributed by atoms with Gasteiger partial charge in [-0.15, -0.1) is 0 Å². The maximum atomic E-state index is 5.65. The number of nitrogens with zero attached hydrogens (tertiary/aromatic N) is 2. The first-order valence-electron chi connectivity index (χ1n) is 7.12. The fraction of sp³-hybridized carbons (Fsp3) is 0.176. The van der Waals surface area contributed by atoms with Gasteiger partial charge in [0.15, 0.2) is 0 Å². The van der Waals surface area contributed by atoms with Gasteiger partial charge in [0.2, 0.25) is 11.7 Å². The second-order valence-electron chi connectivity index (χ2n) is 4.82. The number of hydrogen-bond donors (Lipinski definition) is 0. The molecule has 0 spiro atoms. The van der Waals surface area contributed by atoms with Crippen LogP contribution in [0.3, 0.4) is 0 Å². The van der Waals surface area contributed by atoms with Crippen LogP contribution in [0.2, 0.25) is 0 Å². The van der Waals surface area contributed by atoms with E-state index in [-0.39, 0.29) is 0 Å². The molecule has 0 aliphatic carbocycles. The van der Waals surface area contributed by atoms with Gasteiger partial charge in [0.05, 0.1) is 0 Å². The van der Waals surface area contributed by atoms with Crippen molar-refractivity contribution in [3.8, 4) is 22.9 Å². The van der Waals surface area contributed by atoms with E-state index in [1.807, 2.05) is 48.5 Å². The van der Waals surface area contributed by atoms with Crippen molar-refractivity contribution < 1.29 is 14.0 Å². The Morgan fingerprint density at radius 3 is 2.39 bits per heavy atom. The van der Waals surface area contributed by atoms with Crippen molar-refractivity contribution in [3.63, 3.8) is 0 Å². The van der Waals surface area contributed by atoms with Crippen molar-refractivity contribution in [2.24, 2.45) is 0 Å². The average Bonchev–Trinajstić information content (AvgIpc) is 2.99. The lowest BCUT2D eigenvalue weighted by Crippen LogP contribution is -2.08. The first-order chi connectivity index (χ1) is 11.2. The fourth-order valence-electron chi connectivity index (χ4n) is 1.99. The van der Waals surface area contributed by atoms with Crippen molar-refractivity contribution in [2.75, 3.05) is 13.2 Å². The molecule has 0 radical (unpaired) electrons. The van der Waals surface area contributed by atoms with Crippen LogP contribution >= 0.6 is 15.9 Å². The van der Waals surface area contributed by atoms with E-state index in [4.69, 9.17) is 14.0 Å². The molecular weight excluding hydrogens is 360 g/mol. The van der Waals surface area contributed by atoms with Crippen molar-refractivity contribution in [3.05, 3.63) is 58.9 Å². The number of aryl methyl sites for hydroxylation is 1. The Hall–Kier alpha value is -2.34. The van der Waals surface area contributed by atoms with Gasteiger partial charge in [-0.2, -0.15) is 4.98 Å². The lowest BCUT2D eigenvalue weighted by Gasteiger charge is -2.08. The Kier molecular flexibility index (Phi) is 4.92. The second-order valence-corrected chi connectivity index (χ2v) is 5.73. The fourth-order valence-corrected chi connectivity index (χ4v) is 2.37. The second kappa shape index (κ2) is 7.28. The smallest absolute Gasteiger partial charge is 0.223 e. The number of benzene rings is 2. The summed E-state index contributed by atoms with van der Waals surface area (Å²) in [7, 11) is 0. The van der Waals surface area contributed by atoms with Crippen LogP contribution in [-0.4, -0.2) is 23.4 Å². The molecule has 0 atom stereocenters. The van der Waals surface area contributed by atoms with Crippen LogP contribution in [-0.2, 0) is 0 Å². The van der Waals surface area contributed by atoms with Crippen LogP contribution in [0.1, 0.15) is 5.89 Å². The van der Waals surface area contributed by atoms with E-state index in [1.54, 1.807) is 6.92 Å². The van der Waals surface area contributed by atoms with Crippen molar-refractivity contribution in [1.82, 2.24) is 10.1 Å². The van der Waals surface area contributed by atoms with Crippen molar-refractivity contribution in [1.29, 1.82) is 0 Å². The molecular formula is C17H15BrN2O3. The van der Waals surface area contributed by atoms with Gasteiger partial charge < -0.3 is 14.0 Å². The first kappa shape index (κ1) is 15.6. The van der Waals surface area contributed by atoms with Gasteiger partial charge in [0.25, 0.3) is 0 Å². The summed E-state index contributed by atoms with van der Waals surface area (Å²) < 4.78 is 17.2. The Morgan fingerprint density at radius 2 is 1.74 bits per heavy atom. The molecule has 0 aliphatic heterocycles. The third-order valence-corrected chi connectivity index (χ3v) is 3.55. The molecule has 23 heavy (non-hydrogen) atoms. The zero-order chi connectivity index (χ0) is 16.1. The number of halogens is 1. The van der Waals surface area contributed by atoms with Gasteiger partial charge in [0, 0.05) is 17.0 Å². The topological polar surface area (TPSA) is 57.4 Å². The van der Waals surface area contributed by atoms with E-state index in [0.29, 0.717) is 24.9 Å². The number of ether oxygens (including phenoxy) is 2. The Balaban J connectivity index is 1.49. The standard InChI is InChI=1S/C17H15BrN2O3/c1-12-19-17(20-23-12)13-5-7-15(8-6-13)21-9-10-22-16-4-2-3-14(18)11-16/h2-8,11H,9-10H2,1H3. The lowest BCUT2D eigenvalue weighted by atomic mass is 10.2. The summed E-state index contributed by atoms with van der Waals surface area (Å²) in [6, 6.07) is 15.3. The van der Waals surface area contributed by atoms with E-state index < -0.39 is 0 Å². The summed E-state index contributed by atoms with van der Waals surface area (Å²) >= 11 is 3.41. The highest BCUT2D eigenvalue weighted by Crippen LogP contribution is 2.20. The van der Waals surface area contributed by atoms with Crippen LogP contribution in [0.4, 0.5) is 0 Å². The van der Waals surface area contributed by atoms with Crippen LogP contribution in [0.5, 0.6) is 11.5 Å². The molecule has 0 aliphatic rings. The quantitative estimate of drug-likeness (QED) is 0.603. The number of aromatic nitrogens is 2. The summed E-state index contributed by atoms with van der Waals surface area (Å²) in [6.45, 7) is 2.70. The maximum Gasteiger partial charge on any atom is 0.223 e. The Labute approximate surface area is 142 Å². The minimum atomic E-state index is 0.465. The highest BCUT2D eigenvalue weighted by atomic mass is 79.9. The van der Waals surface area contributed by atoms with E-state index in [1.165, 1.54) is 0 Å². The highest BCUT2D eigenvalue weighted by Gasteiger charge is 2.05. The third-order valence-electron chi connectivity index (χ3n) is 3.06. The van der Waals surface area contributed by atoms with Crippen molar-refractivity contribution in [2.45, 2.75) is 6.92 Å². The van der Waals surface area contributed by atoms with Crippen LogP contribution in [0.25, 0.3) is 11.4 Å². The normalized spacial score (nSPS) is 10.5. The van der Waals surface area contributed by atoms with Gasteiger partial charge in [-0.3, -0.25) is 0 Å². The van der Waals surface area contributed by atoms with Gasteiger partial charge >= 0.3 is 0 Å². The molecule has 0 N–H and O–H groups in total. The molecule has 0 saturated carbocycles. The molecule has 3 rings (SSSR count). The Bertz CT molecular complexity index is 772. The predicted octanol–water partition coefficient (Wildman–Crippen LogP) is 4.27. The molecule has 0 saturated heterocycles. The van der Waals surface area contributed by atoms with Crippen LogP contribution in [0, 0.1) is 6.92 Å². The van der Waals surface area contributed by atoms with E-state index in [0.717, 1.165) is 21.5 Å². The summed E-state index contributed by atoms with van der Waals surface area (Å²) in [4.78, 5) is 4.18. The zero-order valence-corrected chi connectivity index (χ0v) is 14.1. The highest BCUT2D eigenvalue weighted by molar-refractivity contribution is 9.10. The SMILES string of the molecule is Cc1nc(-c2ccc(OCCOc3cccc(Br)c3)cc2)no1. The molecule has 1 heterocycles. The van der Waals surface area contributed by atoms with Gasteiger partial charge in [-0.1, -0.05) is 27.2 Å². The molecule has 0 amide bonds. The summed E-state index contributed by atoms with van der Waals surface area (Å²) in [6.07, 6.45) is 0. The third kappa shape index (κ3) is 4.32. The monoisotopic (exact) mass is 374 g/mol. The number of rotatable bonds is 6. The molecule has 0 unspecified atom stereocenters. The molecule has 5 nitrogen and oxygen atoms in total. The maximum absolute atomic E-state index is 5.65.